The van der Waals surface area contributed by atoms with Gasteiger partial charge in [0.25, 0.3) is 0 Å². The van der Waals surface area contributed by atoms with E-state index in [1.165, 1.54) is 0 Å². The Hall–Kier alpha value is -0.660. The standard InChI is InChI=1S/C13H25N3O3S/c1-10-2-4-11(5-3-10)16-20(18,19)9-13(17)15-12-6-7-14-8-12/h10-12,14,16H,2-9H2,1H3,(H,15,17). The third kappa shape index (κ3) is 5.03. The largest absolute Gasteiger partial charge is 0.351 e. The lowest BCUT2D eigenvalue weighted by molar-refractivity contribution is -0.119. The molecule has 1 amide bonds. The minimum Gasteiger partial charge on any atom is -0.351 e. The quantitative estimate of drug-likeness (QED) is 0.665. The molecule has 0 aromatic carbocycles. The van der Waals surface area contributed by atoms with Gasteiger partial charge in [0.1, 0.15) is 5.75 Å². The molecule has 0 bridgehead atoms. The summed E-state index contributed by atoms with van der Waals surface area (Å²) >= 11 is 0. The fourth-order valence-corrected chi connectivity index (χ4v) is 4.15. The Morgan fingerprint density at radius 2 is 1.85 bits per heavy atom. The zero-order valence-electron chi connectivity index (χ0n) is 12.0. The summed E-state index contributed by atoms with van der Waals surface area (Å²) in [5, 5.41) is 5.89. The molecular formula is C13H25N3O3S. The molecule has 116 valence electrons. The van der Waals surface area contributed by atoms with Crippen LogP contribution in [0.2, 0.25) is 0 Å². The van der Waals surface area contributed by atoms with Crippen molar-refractivity contribution < 1.29 is 13.2 Å². The number of nitrogens with one attached hydrogen (secondary N) is 3. The Labute approximate surface area is 121 Å². The van der Waals surface area contributed by atoms with E-state index in [1.807, 2.05) is 0 Å². The number of rotatable bonds is 5. The van der Waals surface area contributed by atoms with Crippen molar-refractivity contribution in [2.45, 2.75) is 51.1 Å². The van der Waals surface area contributed by atoms with Crippen molar-refractivity contribution in [3.63, 3.8) is 0 Å². The van der Waals surface area contributed by atoms with Crippen LogP contribution in [0.1, 0.15) is 39.0 Å². The molecule has 0 aromatic heterocycles. The molecule has 2 fully saturated rings. The van der Waals surface area contributed by atoms with Gasteiger partial charge in [-0.25, -0.2) is 13.1 Å². The van der Waals surface area contributed by atoms with Crippen molar-refractivity contribution in [1.82, 2.24) is 15.4 Å². The van der Waals surface area contributed by atoms with Crippen molar-refractivity contribution in [3.8, 4) is 0 Å². The third-order valence-electron chi connectivity index (χ3n) is 4.11. The van der Waals surface area contributed by atoms with Crippen LogP contribution in [0.15, 0.2) is 0 Å². The molecule has 1 saturated heterocycles. The summed E-state index contributed by atoms with van der Waals surface area (Å²) in [7, 11) is -3.52. The average molecular weight is 303 g/mol. The zero-order chi connectivity index (χ0) is 14.6. The van der Waals surface area contributed by atoms with Gasteiger partial charge in [-0.3, -0.25) is 4.79 Å². The van der Waals surface area contributed by atoms with E-state index in [0.717, 1.165) is 45.2 Å². The van der Waals surface area contributed by atoms with Gasteiger partial charge >= 0.3 is 0 Å². The van der Waals surface area contributed by atoms with Crippen molar-refractivity contribution >= 4 is 15.9 Å². The number of carbonyl (C=O) groups is 1. The van der Waals surface area contributed by atoms with Gasteiger partial charge in [0.05, 0.1) is 0 Å². The minimum atomic E-state index is -3.52. The predicted octanol–water partition coefficient (Wildman–Crippen LogP) is -0.0374. The van der Waals surface area contributed by atoms with Gasteiger partial charge in [-0.15, -0.1) is 0 Å². The third-order valence-corrected chi connectivity index (χ3v) is 5.44. The van der Waals surface area contributed by atoms with Crippen LogP contribution in [0.4, 0.5) is 0 Å². The summed E-state index contributed by atoms with van der Waals surface area (Å²) in [4.78, 5) is 11.8. The van der Waals surface area contributed by atoms with Crippen molar-refractivity contribution in [2.75, 3.05) is 18.8 Å². The molecule has 1 aliphatic carbocycles. The molecule has 2 aliphatic rings. The number of carbonyl (C=O) groups excluding carboxylic acids is 1. The Bertz CT molecular complexity index is 424. The molecule has 1 heterocycles. The number of sulfonamides is 1. The second-order valence-corrected chi connectivity index (χ2v) is 7.84. The highest BCUT2D eigenvalue weighted by atomic mass is 32.2. The molecule has 0 aromatic rings. The van der Waals surface area contributed by atoms with Gasteiger partial charge in [-0.1, -0.05) is 6.92 Å². The summed E-state index contributed by atoms with van der Waals surface area (Å²) in [6, 6.07) is 0.0605. The molecule has 1 atom stereocenters. The van der Waals surface area contributed by atoms with Crippen LogP contribution in [-0.4, -0.2) is 45.3 Å². The maximum Gasteiger partial charge on any atom is 0.236 e. The van der Waals surface area contributed by atoms with Crippen LogP contribution in [0.5, 0.6) is 0 Å². The van der Waals surface area contributed by atoms with Gasteiger partial charge in [-0.2, -0.15) is 0 Å². The summed E-state index contributed by atoms with van der Waals surface area (Å²) in [5.74, 6) is -0.195. The zero-order valence-corrected chi connectivity index (χ0v) is 12.8. The van der Waals surface area contributed by atoms with Crippen LogP contribution in [0.3, 0.4) is 0 Å². The van der Waals surface area contributed by atoms with Gasteiger partial charge < -0.3 is 10.6 Å². The van der Waals surface area contributed by atoms with E-state index in [0.29, 0.717) is 5.92 Å². The summed E-state index contributed by atoms with van der Waals surface area (Å²) < 4.78 is 26.6. The monoisotopic (exact) mass is 303 g/mol. The first-order chi connectivity index (χ1) is 9.44. The van der Waals surface area contributed by atoms with E-state index in [-0.39, 0.29) is 12.1 Å². The SMILES string of the molecule is CC1CCC(NS(=O)(=O)CC(=O)NC2CCNC2)CC1. The second kappa shape index (κ2) is 6.87. The van der Waals surface area contributed by atoms with Crippen molar-refractivity contribution in [2.24, 2.45) is 5.92 Å². The van der Waals surface area contributed by atoms with Crippen molar-refractivity contribution in [1.29, 1.82) is 0 Å². The Balaban J connectivity index is 1.76. The Morgan fingerprint density at radius 3 is 2.45 bits per heavy atom. The number of hydrogen-bond acceptors (Lipinski definition) is 4. The van der Waals surface area contributed by atoms with Crippen LogP contribution in [-0.2, 0) is 14.8 Å². The van der Waals surface area contributed by atoms with E-state index < -0.39 is 21.7 Å². The molecule has 3 N–H and O–H groups in total. The maximum atomic E-state index is 12.0. The van der Waals surface area contributed by atoms with E-state index in [4.69, 9.17) is 0 Å². The molecule has 0 spiro atoms. The highest BCUT2D eigenvalue weighted by Crippen LogP contribution is 2.23. The van der Waals surface area contributed by atoms with E-state index in [9.17, 15) is 13.2 Å². The molecule has 1 aliphatic heterocycles. The first kappa shape index (κ1) is 15.7. The molecule has 1 saturated carbocycles. The smallest absolute Gasteiger partial charge is 0.236 e. The fraction of sp³-hybridized carbons (Fsp3) is 0.923. The van der Waals surface area contributed by atoms with Crippen LogP contribution in [0, 0.1) is 5.92 Å². The molecule has 0 radical (unpaired) electrons. The fourth-order valence-electron chi connectivity index (χ4n) is 2.89. The van der Waals surface area contributed by atoms with Gasteiger partial charge in [-0.05, 0) is 44.6 Å². The van der Waals surface area contributed by atoms with E-state index in [2.05, 4.69) is 22.3 Å². The maximum absolute atomic E-state index is 12.0. The first-order valence-corrected chi connectivity index (χ1v) is 9.10. The minimum absolute atomic E-state index is 0.00264. The summed E-state index contributed by atoms with van der Waals surface area (Å²) in [6.45, 7) is 3.78. The second-order valence-electron chi connectivity index (χ2n) is 6.09. The number of amides is 1. The Kier molecular flexibility index (Phi) is 5.40. The number of hydrogen-bond donors (Lipinski definition) is 3. The lowest BCUT2D eigenvalue weighted by Gasteiger charge is -2.26. The molecule has 7 heteroatoms. The average Bonchev–Trinajstić information content (AvgIpc) is 2.83. The van der Waals surface area contributed by atoms with Crippen molar-refractivity contribution in [3.05, 3.63) is 0 Å². The highest BCUT2D eigenvalue weighted by molar-refractivity contribution is 7.90. The topological polar surface area (TPSA) is 87.3 Å². The normalized spacial score (nSPS) is 31.1. The molecule has 2 rings (SSSR count). The van der Waals surface area contributed by atoms with Crippen LogP contribution >= 0.6 is 0 Å². The molecule has 6 nitrogen and oxygen atoms in total. The highest BCUT2D eigenvalue weighted by Gasteiger charge is 2.26. The molecule has 20 heavy (non-hydrogen) atoms. The summed E-state index contributed by atoms with van der Waals surface area (Å²) in [5.41, 5.74) is 0. The van der Waals surface area contributed by atoms with Gasteiger partial charge in [0.2, 0.25) is 15.9 Å². The lowest BCUT2D eigenvalue weighted by Crippen LogP contribution is -2.45. The van der Waals surface area contributed by atoms with Gasteiger partial charge in [0, 0.05) is 18.6 Å². The van der Waals surface area contributed by atoms with Gasteiger partial charge in [0.15, 0.2) is 0 Å². The van der Waals surface area contributed by atoms with Crippen LogP contribution < -0.4 is 15.4 Å². The molecule has 1 unspecified atom stereocenters. The molecular weight excluding hydrogens is 278 g/mol. The first-order valence-electron chi connectivity index (χ1n) is 7.45. The van der Waals surface area contributed by atoms with E-state index in [1.54, 1.807) is 0 Å². The predicted molar refractivity (Wildman–Crippen MR) is 77.8 cm³/mol. The van der Waals surface area contributed by atoms with E-state index >= 15 is 0 Å². The van der Waals surface area contributed by atoms with Crippen LogP contribution in [0.25, 0.3) is 0 Å². The summed E-state index contributed by atoms with van der Waals surface area (Å²) in [6.07, 6.45) is 4.70. The Morgan fingerprint density at radius 1 is 1.15 bits per heavy atom. The lowest BCUT2D eigenvalue weighted by atomic mass is 9.88.